The van der Waals surface area contributed by atoms with Crippen LogP contribution in [0.4, 0.5) is 5.69 Å². The first-order valence-electron chi connectivity index (χ1n) is 9.38. The quantitative estimate of drug-likeness (QED) is 0.758. The molecule has 0 saturated carbocycles. The normalized spacial score (nSPS) is 14.6. The molecule has 4 heteroatoms. The fourth-order valence-corrected chi connectivity index (χ4v) is 3.70. The minimum Gasteiger partial charge on any atom is -0.372 e. The summed E-state index contributed by atoms with van der Waals surface area (Å²) in [5.41, 5.74) is 4.07. The Labute approximate surface area is 154 Å². The van der Waals surface area contributed by atoms with Crippen LogP contribution in [0.1, 0.15) is 35.3 Å². The molecule has 0 spiro atoms. The molecule has 134 valence electrons. The lowest BCUT2D eigenvalue weighted by molar-refractivity contribution is 0.0780. The summed E-state index contributed by atoms with van der Waals surface area (Å²) in [5, 5.41) is 1.06. The highest BCUT2D eigenvalue weighted by atomic mass is 16.2. The Morgan fingerprint density at radius 2 is 1.77 bits per heavy atom. The van der Waals surface area contributed by atoms with Crippen LogP contribution in [0.25, 0.3) is 10.9 Å². The van der Waals surface area contributed by atoms with Crippen molar-refractivity contribution in [2.45, 2.75) is 25.8 Å². The second-order valence-corrected chi connectivity index (χ2v) is 7.15. The summed E-state index contributed by atoms with van der Waals surface area (Å²) >= 11 is 0. The Kier molecular flexibility index (Phi) is 4.65. The van der Waals surface area contributed by atoms with Gasteiger partial charge in [-0.1, -0.05) is 30.3 Å². The molecule has 1 aliphatic rings. The number of rotatable bonds is 4. The Hall–Kier alpha value is -2.75. The molecule has 0 atom stereocenters. The molecule has 26 heavy (non-hydrogen) atoms. The monoisotopic (exact) mass is 347 g/mol. The summed E-state index contributed by atoms with van der Waals surface area (Å²) < 4.78 is 0. The third-order valence-electron chi connectivity index (χ3n) is 5.18. The van der Waals surface area contributed by atoms with E-state index in [0.717, 1.165) is 29.6 Å². The number of H-pyrrole nitrogens is 1. The maximum atomic E-state index is 12.7. The van der Waals surface area contributed by atoms with Crippen LogP contribution in [0.15, 0.2) is 54.6 Å². The molecule has 0 radical (unpaired) electrons. The van der Waals surface area contributed by atoms with E-state index in [1.165, 1.54) is 24.9 Å². The molecule has 2 aromatic carbocycles. The Morgan fingerprint density at radius 1 is 1.04 bits per heavy atom. The minimum absolute atomic E-state index is 0.0151. The molecular formula is C22H25N3O. The number of carbonyl (C=O) groups is 1. The van der Waals surface area contributed by atoms with E-state index < -0.39 is 0 Å². The maximum absolute atomic E-state index is 12.7. The molecule has 1 aromatic heterocycles. The van der Waals surface area contributed by atoms with E-state index in [9.17, 15) is 4.79 Å². The molecule has 1 amide bonds. The molecule has 4 rings (SSSR count). The zero-order valence-electron chi connectivity index (χ0n) is 15.2. The molecule has 0 bridgehead atoms. The zero-order valence-corrected chi connectivity index (χ0v) is 15.2. The third-order valence-corrected chi connectivity index (χ3v) is 5.18. The number of hydrogen-bond acceptors (Lipinski definition) is 2. The van der Waals surface area contributed by atoms with Crippen LogP contribution in [0.2, 0.25) is 0 Å². The van der Waals surface area contributed by atoms with E-state index in [0.29, 0.717) is 12.2 Å². The lowest BCUT2D eigenvalue weighted by Crippen LogP contribution is -2.29. The Bertz CT molecular complexity index is 858. The summed E-state index contributed by atoms with van der Waals surface area (Å²) in [7, 11) is 1.85. The summed E-state index contributed by atoms with van der Waals surface area (Å²) in [4.78, 5) is 20.2. The van der Waals surface area contributed by atoms with Crippen LogP contribution < -0.4 is 4.90 Å². The molecule has 3 aromatic rings. The number of hydrogen-bond donors (Lipinski definition) is 1. The van der Waals surface area contributed by atoms with E-state index in [4.69, 9.17) is 0 Å². The highest BCUT2D eigenvalue weighted by Crippen LogP contribution is 2.21. The SMILES string of the molecule is CN(Cc1ccc(N2CCCCC2)cc1)C(=O)c1cc2ccccc2[nH]1. The van der Waals surface area contributed by atoms with Gasteiger partial charge in [-0.25, -0.2) is 0 Å². The number of nitrogens with zero attached hydrogens (tertiary/aromatic N) is 2. The molecule has 1 fully saturated rings. The average molecular weight is 347 g/mol. The van der Waals surface area contributed by atoms with Crippen LogP contribution in [-0.2, 0) is 6.54 Å². The van der Waals surface area contributed by atoms with Crippen LogP contribution >= 0.6 is 0 Å². The second-order valence-electron chi connectivity index (χ2n) is 7.15. The van der Waals surface area contributed by atoms with E-state index in [1.807, 2.05) is 37.4 Å². The van der Waals surface area contributed by atoms with Gasteiger partial charge in [0.05, 0.1) is 0 Å². The Balaban J connectivity index is 1.43. The molecule has 1 aliphatic heterocycles. The highest BCUT2D eigenvalue weighted by Gasteiger charge is 2.15. The second kappa shape index (κ2) is 7.24. The molecule has 0 unspecified atom stereocenters. The average Bonchev–Trinajstić information content (AvgIpc) is 3.13. The van der Waals surface area contributed by atoms with Crippen LogP contribution in [0, 0.1) is 0 Å². The molecule has 1 N–H and O–H groups in total. The van der Waals surface area contributed by atoms with Crippen molar-refractivity contribution >= 4 is 22.5 Å². The van der Waals surface area contributed by atoms with Gasteiger partial charge in [-0.3, -0.25) is 4.79 Å². The topological polar surface area (TPSA) is 39.3 Å². The van der Waals surface area contributed by atoms with Crippen molar-refractivity contribution in [1.82, 2.24) is 9.88 Å². The van der Waals surface area contributed by atoms with E-state index in [2.05, 4.69) is 34.1 Å². The predicted octanol–water partition coefficient (Wildman–Crippen LogP) is 4.43. The molecular weight excluding hydrogens is 322 g/mol. The van der Waals surface area contributed by atoms with Crippen molar-refractivity contribution in [3.05, 3.63) is 65.9 Å². The highest BCUT2D eigenvalue weighted by molar-refractivity contribution is 5.97. The van der Waals surface area contributed by atoms with E-state index in [1.54, 1.807) is 4.90 Å². The van der Waals surface area contributed by atoms with E-state index >= 15 is 0 Å². The van der Waals surface area contributed by atoms with Gasteiger partial charge in [0.2, 0.25) is 0 Å². The third kappa shape index (κ3) is 3.45. The van der Waals surface area contributed by atoms with Gasteiger partial charge >= 0.3 is 0 Å². The number of anilines is 1. The van der Waals surface area contributed by atoms with Crippen molar-refractivity contribution in [1.29, 1.82) is 0 Å². The first-order valence-corrected chi connectivity index (χ1v) is 9.38. The number of amides is 1. The molecule has 1 saturated heterocycles. The summed E-state index contributed by atoms with van der Waals surface area (Å²) in [6.45, 7) is 2.91. The van der Waals surface area contributed by atoms with Crippen LogP contribution in [-0.4, -0.2) is 35.9 Å². The van der Waals surface area contributed by atoms with Gasteiger partial charge in [-0.2, -0.15) is 0 Å². The molecule has 0 aliphatic carbocycles. The molecule has 4 nitrogen and oxygen atoms in total. The number of para-hydroxylation sites is 1. The van der Waals surface area contributed by atoms with Gasteiger partial charge in [-0.15, -0.1) is 0 Å². The van der Waals surface area contributed by atoms with Crippen molar-refractivity contribution < 1.29 is 4.79 Å². The number of aromatic amines is 1. The number of benzene rings is 2. The maximum Gasteiger partial charge on any atom is 0.270 e. The number of piperidine rings is 1. The number of nitrogens with one attached hydrogen (secondary N) is 1. The lowest BCUT2D eigenvalue weighted by Gasteiger charge is -2.29. The standard InChI is InChI=1S/C22H25N3O/c1-24(22(26)21-15-18-7-3-4-8-20(18)23-21)16-17-9-11-19(12-10-17)25-13-5-2-6-14-25/h3-4,7-12,15,23H,2,5-6,13-14,16H2,1H3. The van der Waals surface area contributed by atoms with Gasteiger partial charge in [0.15, 0.2) is 0 Å². The fourth-order valence-electron chi connectivity index (χ4n) is 3.70. The van der Waals surface area contributed by atoms with Crippen LogP contribution in [0.5, 0.6) is 0 Å². The van der Waals surface area contributed by atoms with Gasteiger partial charge in [0.1, 0.15) is 5.69 Å². The number of fused-ring (bicyclic) bond motifs is 1. The zero-order chi connectivity index (χ0) is 17.9. The van der Waals surface area contributed by atoms with Gasteiger partial charge in [-0.05, 0) is 49.1 Å². The molecule has 2 heterocycles. The number of carbonyl (C=O) groups excluding carboxylic acids is 1. The predicted molar refractivity (Wildman–Crippen MR) is 107 cm³/mol. The van der Waals surface area contributed by atoms with Crippen LogP contribution in [0.3, 0.4) is 0 Å². The number of aromatic nitrogens is 1. The largest absolute Gasteiger partial charge is 0.372 e. The van der Waals surface area contributed by atoms with Gasteiger partial charge in [0, 0.05) is 43.3 Å². The first-order chi connectivity index (χ1) is 12.7. The fraction of sp³-hybridized carbons (Fsp3) is 0.318. The van der Waals surface area contributed by atoms with Gasteiger partial charge in [0.25, 0.3) is 5.91 Å². The summed E-state index contributed by atoms with van der Waals surface area (Å²) in [5.74, 6) is 0.0151. The summed E-state index contributed by atoms with van der Waals surface area (Å²) in [6.07, 6.45) is 3.90. The summed E-state index contributed by atoms with van der Waals surface area (Å²) in [6, 6.07) is 18.5. The van der Waals surface area contributed by atoms with Crippen molar-refractivity contribution in [3.8, 4) is 0 Å². The minimum atomic E-state index is 0.0151. The van der Waals surface area contributed by atoms with Crippen molar-refractivity contribution in [2.24, 2.45) is 0 Å². The van der Waals surface area contributed by atoms with E-state index in [-0.39, 0.29) is 5.91 Å². The van der Waals surface area contributed by atoms with Crippen molar-refractivity contribution in [3.63, 3.8) is 0 Å². The first kappa shape index (κ1) is 16.7. The van der Waals surface area contributed by atoms with Gasteiger partial charge < -0.3 is 14.8 Å². The van der Waals surface area contributed by atoms with Crippen molar-refractivity contribution in [2.75, 3.05) is 25.0 Å². The Morgan fingerprint density at radius 3 is 2.50 bits per heavy atom. The lowest BCUT2D eigenvalue weighted by atomic mass is 10.1. The smallest absolute Gasteiger partial charge is 0.270 e.